The molecule has 0 aliphatic rings. The van der Waals surface area contributed by atoms with Gasteiger partial charge in [-0.3, -0.25) is 0 Å². The van der Waals surface area contributed by atoms with Crippen LogP contribution in [0.25, 0.3) is 0 Å². The van der Waals surface area contributed by atoms with Crippen LogP contribution in [0.4, 0.5) is 0 Å². The lowest BCUT2D eigenvalue weighted by atomic mass is 10.1. The van der Waals surface area contributed by atoms with Gasteiger partial charge in [0.05, 0.1) is 11.5 Å². The van der Waals surface area contributed by atoms with Gasteiger partial charge in [0.2, 0.25) is 0 Å². The summed E-state index contributed by atoms with van der Waals surface area (Å²) in [4.78, 5) is 0.185. The molecule has 18 heavy (non-hydrogen) atoms. The summed E-state index contributed by atoms with van der Waals surface area (Å²) in [5.41, 5.74) is 1.24. The minimum absolute atomic E-state index is 0.185. The van der Waals surface area contributed by atoms with Crippen molar-refractivity contribution in [1.82, 2.24) is 0 Å². The summed E-state index contributed by atoms with van der Waals surface area (Å²) >= 11 is 0. The summed E-state index contributed by atoms with van der Waals surface area (Å²) in [6, 6.07) is 3.43. The Morgan fingerprint density at radius 1 is 1.17 bits per heavy atom. The number of halogens is 1. The van der Waals surface area contributed by atoms with Crippen molar-refractivity contribution in [3.63, 3.8) is 0 Å². The Hall–Kier alpha value is -0.740. The SMILES string of the molecule is CCCCCOc1cc(C)c(S(=O)(=O)Cl)c(C)c1. The molecule has 0 aliphatic heterocycles. The highest BCUT2D eigenvalue weighted by molar-refractivity contribution is 8.13. The lowest BCUT2D eigenvalue weighted by Gasteiger charge is -2.11. The summed E-state index contributed by atoms with van der Waals surface area (Å²) in [5, 5.41) is 0. The van der Waals surface area contributed by atoms with Crippen molar-refractivity contribution in [2.24, 2.45) is 0 Å². The largest absolute Gasteiger partial charge is 0.494 e. The highest BCUT2D eigenvalue weighted by Crippen LogP contribution is 2.28. The van der Waals surface area contributed by atoms with Crippen LogP contribution in [0.3, 0.4) is 0 Å². The molecule has 0 heterocycles. The van der Waals surface area contributed by atoms with E-state index < -0.39 is 9.05 Å². The lowest BCUT2D eigenvalue weighted by molar-refractivity contribution is 0.305. The minimum Gasteiger partial charge on any atom is -0.494 e. The van der Waals surface area contributed by atoms with Crippen molar-refractivity contribution in [3.8, 4) is 5.75 Å². The van der Waals surface area contributed by atoms with Gasteiger partial charge in [0.1, 0.15) is 5.75 Å². The van der Waals surface area contributed by atoms with Gasteiger partial charge in [-0.2, -0.15) is 0 Å². The summed E-state index contributed by atoms with van der Waals surface area (Å²) in [6.45, 7) is 6.23. The van der Waals surface area contributed by atoms with Gasteiger partial charge in [-0.05, 0) is 43.5 Å². The molecule has 1 aromatic rings. The van der Waals surface area contributed by atoms with Gasteiger partial charge in [-0.15, -0.1) is 0 Å². The molecule has 0 N–H and O–H groups in total. The zero-order valence-electron chi connectivity index (χ0n) is 11.0. The van der Waals surface area contributed by atoms with E-state index in [1.165, 1.54) is 0 Å². The fourth-order valence-electron chi connectivity index (χ4n) is 1.92. The quantitative estimate of drug-likeness (QED) is 0.591. The predicted molar refractivity (Wildman–Crippen MR) is 74.0 cm³/mol. The maximum Gasteiger partial charge on any atom is 0.261 e. The number of ether oxygens (including phenoxy) is 1. The lowest BCUT2D eigenvalue weighted by Crippen LogP contribution is -2.02. The average Bonchev–Trinajstić information content (AvgIpc) is 2.21. The summed E-state index contributed by atoms with van der Waals surface area (Å²) < 4.78 is 28.4. The fraction of sp³-hybridized carbons (Fsp3) is 0.538. The zero-order chi connectivity index (χ0) is 13.8. The van der Waals surface area contributed by atoms with Crippen LogP contribution in [0, 0.1) is 13.8 Å². The third-order valence-electron chi connectivity index (χ3n) is 2.69. The summed E-state index contributed by atoms with van der Waals surface area (Å²) in [6.07, 6.45) is 3.28. The van der Waals surface area contributed by atoms with E-state index in [1.807, 2.05) is 0 Å². The molecule has 3 nitrogen and oxygen atoms in total. The summed E-state index contributed by atoms with van der Waals surface area (Å²) in [5.74, 6) is 0.699. The normalized spacial score (nSPS) is 11.6. The second kappa shape index (κ2) is 6.43. The second-order valence-corrected chi connectivity index (χ2v) is 6.88. The molecular formula is C13H19ClO3S. The first-order chi connectivity index (χ1) is 8.36. The number of benzene rings is 1. The van der Waals surface area contributed by atoms with Gasteiger partial charge in [0.15, 0.2) is 0 Å². The maximum absolute atomic E-state index is 11.4. The molecule has 0 unspecified atom stereocenters. The number of hydrogen-bond donors (Lipinski definition) is 0. The van der Waals surface area contributed by atoms with Crippen molar-refractivity contribution >= 4 is 19.7 Å². The molecule has 0 spiro atoms. The third-order valence-corrected chi connectivity index (χ3v) is 4.29. The standard InChI is InChI=1S/C13H19ClO3S/c1-4-5-6-7-17-12-8-10(2)13(11(3)9-12)18(14,15)16/h8-9H,4-7H2,1-3H3. The van der Waals surface area contributed by atoms with Crippen molar-refractivity contribution in [2.75, 3.05) is 6.61 Å². The van der Waals surface area contributed by atoms with E-state index in [0.29, 0.717) is 23.5 Å². The minimum atomic E-state index is -3.69. The Bertz CT molecular complexity index is 486. The van der Waals surface area contributed by atoms with Crippen LogP contribution in [-0.4, -0.2) is 15.0 Å². The smallest absolute Gasteiger partial charge is 0.261 e. The predicted octanol–water partition coefficient (Wildman–Crippen LogP) is 3.80. The zero-order valence-corrected chi connectivity index (χ0v) is 12.6. The molecule has 0 atom stereocenters. The number of rotatable bonds is 6. The monoisotopic (exact) mass is 290 g/mol. The highest BCUT2D eigenvalue weighted by Gasteiger charge is 2.17. The van der Waals surface area contributed by atoms with E-state index >= 15 is 0 Å². The van der Waals surface area contributed by atoms with Crippen LogP contribution in [0.5, 0.6) is 5.75 Å². The topological polar surface area (TPSA) is 43.4 Å². The Labute approximate surface area is 114 Å². The Kier molecular flexibility index (Phi) is 5.47. The first-order valence-electron chi connectivity index (χ1n) is 6.05. The van der Waals surface area contributed by atoms with Gasteiger partial charge in [-0.25, -0.2) is 8.42 Å². The van der Waals surface area contributed by atoms with Gasteiger partial charge in [0.25, 0.3) is 9.05 Å². The summed E-state index contributed by atoms with van der Waals surface area (Å²) in [7, 11) is 1.71. The molecule has 0 saturated heterocycles. The van der Waals surface area contributed by atoms with E-state index in [1.54, 1.807) is 26.0 Å². The molecule has 102 valence electrons. The molecule has 1 rings (SSSR count). The number of hydrogen-bond acceptors (Lipinski definition) is 3. The average molecular weight is 291 g/mol. The molecule has 1 aromatic carbocycles. The number of aryl methyl sites for hydroxylation is 2. The van der Waals surface area contributed by atoms with Crippen molar-refractivity contribution in [3.05, 3.63) is 23.3 Å². The molecular weight excluding hydrogens is 272 g/mol. The first kappa shape index (κ1) is 15.3. The van der Waals surface area contributed by atoms with Crippen molar-refractivity contribution in [2.45, 2.75) is 44.9 Å². The number of unbranched alkanes of at least 4 members (excludes halogenated alkanes) is 2. The molecule has 0 aromatic heterocycles. The molecule has 0 aliphatic carbocycles. The molecule has 0 saturated carbocycles. The van der Waals surface area contributed by atoms with Crippen LogP contribution in [-0.2, 0) is 9.05 Å². The van der Waals surface area contributed by atoms with E-state index in [0.717, 1.165) is 19.3 Å². The van der Waals surface area contributed by atoms with Crippen molar-refractivity contribution < 1.29 is 13.2 Å². The Balaban J connectivity index is 2.87. The fourth-order valence-corrected chi connectivity index (χ4v) is 3.54. The van der Waals surface area contributed by atoms with Crippen LogP contribution in [0.1, 0.15) is 37.3 Å². The van der Waals surface area contributed by atoms with Crippen LogP contribution >= 0.6 is 10.7 Å². The molecule has 5 heteroatoms. The van der Waals surface area contributed by atoms with Gasteiger partial charge < -0.3 is 4.74 Å². The third kappa shape index (κ3) is 4.18. The first-order valence-corrected chi connectivity index (χ1v) is 8.36. The molecule has 0 amide bonds. The van der Waals surface area contributed by atoms with Crippen LogP contribution in [0.2, 0.25) is 0 Å². The van der Waals surface area contributed by atoms with Crippen LogP contribution < -0.4 is 4.74 Å². The van der Waals surface area contributed by atoms with Gasteiger partial charge in [0, 0.05) is 10.7 Å². The molecule has 0 radical (unpaired) electrons. The molecule has 0 fully saturated rings. The van der Waals surface area contributed by atoms with Gasteiger partial charge >= 0.3 is 0 Å². The highest BCUT2D eigenvalue weighted by atomic mass is 35.7. The van der Waals surface area contributed by atoms with Crippen LogP contribution in [0.15, 0.2) is 17.0 Å². The van der Waals surface area contributed by atoms with Crippen molar-refractivity contribution in [1.29, 1.82) is 0 Å². The maximum atomic E-state index is 11.4. The van der Waals surface area contributed by atoms with E-state index in [-0.39, 0.29) is 4.90 Å². The van der Waals surface area contributed by atoms with E-state index in [4.69, 9.17) is 15.4 Å². The molecule has 0 bridgehead atoms. The Morgan fingerprint density at radius 2 is 1.72 bits per heavy atom. The second-order valence-electron chi connectivity index (χ2n) is 4.38. The van der Waals surface area contributed by atoms with E-state index in [2.05, 4.69) is 6.92 Å². The van der Waals surface area contributed by atoms with Gasteiger partial charge in [-0.1, -0.05) is 19.8 Å². The van der Waals surface area contributed by atoms with E-state index in [9.17, 15) is 8.42 Å². The Morgan fingerprint density at radius 3 is 2.17 bits per heavy atom.